The number of carbonyl (C=O) groups is 3. The van der Waals surface area contributed by atoms with E-state index in [-0.39, 0.29) is 42.8 Å². The van der Waals surface area contributed by atoms with Crippen LogP contribution in [0.4, 0.5) is 10.1 Å². The van der Waals surface area contributed by atoms with E-state index in [1.165, 1.54) is 4.90 Å². The molecule has 11 nitrogen and oxygen atoms in total. The van der Waals surface area contributed by atoms with Crippen molar-refractivity contribution in [2.24, 2.45) is 17.6 Å². The monoisotopic (exact) mass is 532 g/mol. The van der Waals surface area contributed by atoms with Crippen molar-refractivity contribution in [1.82, 2.24) is 10.2 Å². The molecule has 0 heterocycles. The van der Waals surface area contributed by atoms with Crippen molar-refractivity contribution in [3.05, 3.63) is 39.7 Å². The fourth-order valence-corrected chi connectivity index (χ4v) is 6.17. The van der Waals surface area contributed by atoms with Crippen molar-refractivity contribution in [2.75, 3.05) is 46.3 Å². The molecule has 38 heavy (non-hydrogen) atoms. The quantitative estimate of drug-likeness (QED) is 0.208. The number of primary amides is 1. The van der Waals surface area contributed by atoms with E-state index >= 15 is 0 Å². The summed E-state index contributed by atoms with van der Waals surface area (Å²) in [5.74, 6) is -6.94. The molecule has 1 saturated carbocycles. The highest BCUT2D eigenvalue weighted by atomic mass is 19.1. The van der Waals surface area contributed by atoms with Crippen molar-refractivity contribution in [3.8, 4) is 5.75 Å². The number of hydrogen-bond donors (Lipinski definition) is 6. The van der Waals surface area contributed by atoms with Gasteiger partial charge in [0, 0.05) is 49.9 Å². The number of halogens is 1. The number of nitrogens with zero attached hydrogens (tertiary/aromatic N) is 2. The van der Waals surface area contributed by atoms with Gasteiger partial charge in [-0.2, -0.15) is 0 Å². The van der Waals surface area contributed by atoms with E-state index in [1.54, 1.807) is 39.2 Å². The number of nitrogens with two attached hydrogens (primary N) is 1. The topological polar surface area (TPSA) is 177 Å². The average Bonchev–Trinajstić information content (AvgIpc) is 2.82. The summed E-state index contributed by atoms with van der Waals surface area (Å²) >= 11 is 0. The molecule has 0 unspecified atom stereocenters. The average molecular weight is 533 g/mol. The van der Waals surface area contributed by atoms with Gasteiger partial charge in [-0.1, -0.05) is 0 Å². The number of amides is 1. The molecule has 206 valence electrons. The maximum absolute atomic E-state index is 13.9. The van der Waals surface area contributed by atoms with Gasteiger partial charge in [0.2, 0.25) is 5.78 Å². The number of aliphatic hydroxyl groups is 3. The summed E-state index contributed by atoms with van der Waals surface area (Å²) in [5.41, 5.74) is 3.17. The highest BCUT2D eigenvalue weighted by molar-refractivity contribution is 6.24. The van der Waals surface area contributed by atoms with Gasteiger partial charge in [0.25, 0.3) is 5.91 Å². The number of ketones is 2. The summed E-state index contributed by atoms with van der Waals surface area (Å²) < 4.78 is 12.6. The zero-order valence-electron chi connectivity index (χ0n) is 21.7. The molecule has 0 spiro atoms. The molecule has 1 fully saturated rings. The molecule has 4 atom stereocenters. The Morgan fingerprint density at radius 1 is 1.21 bits per heavy atom. The van der Waals surface area contributed by atoms with E-state index in [1.807, 2.05) is 0 Å². The second-order valence-corrected chi connectivity index (χ2v) is 10.5. The minimum atomic E-state index is -2.69. The molecule has 0 aromatic heterocycles. The number of hydrogen-bond acceptors (Lipinski definition) is 10. The van der Waals surface area contributed by atoms with Crippen molar-refractivity contribution in [3.63, 3.8) is 0 Å². The molecule has 7 N–H and O–H groups in total. The highest BCUT2D eigenvalue weighted by Gasteiger charge is 2.64. The molecule has 1 aromatic rings. The lowest BCUT2D eigenvalue weighted by atomic mass is 9.57. The third-order valence-corrected chi connectivity index (χ3v) is 7.84. The summed E-state index contributed by atoms with van der Waals surface area (Å²) in [4.78, 5) is 42.4. The summed E-state index contributed by atoms with van der Waals surface area (Å²) in [7, 11) is 6.66. The Hall–Kier alpha value is -3.48. The highest BCUT2D eigenvalue weighted by Crippen LogP contribution is 2.54. The Balaban J connectivity index is 1.95. The molecule has 4 rings (SSSR count). The molecular formula is C26H33FN4O7. The van der Waals surface area contributed by atoms with Crippen LogP contribution in [0, 0.1) is 11.8 Å². The number of carbonyl (C=O) groups excluding carboxylic acids is 3. The number of likely N-dealkylation sites (N-methyl/N-ethyl adjacent to an activating group) is 1. The van der Waals surface area contributed by atoms with E-state index in [0.29, 0.717) is 16.8 Å². The zero-order valence-corrected chi connectivity index (χ0v) is 21.7. The minimum absolute atomic E-state index is 0.00420. The van der Waals surface area contributed by atoms with Crippen LogP contribution in [0.25, 0.3) is 5.76 Å². The lowest BCUT2D eigenvalue weighted by Crippen LogP contribution is -2.65. The van der Waals surface area contributed by atoms with E-state index in [2.05, 4.69) is 5.32 Å². The van der Waals surface area contributed by atoms with Gasteiger partial charge in [-0.15, -0.1) is 0 Å². The Morgan fingerprint density at radius 3 is 2.42 bits per heavy atom. The van der Waals surface area contributed by atoms with Gasteiger partial charge in [-0.05, 0) is 44.5 Å². The maximum atomic E-state index is 13.9. The van der Waals surface area contributed by atoms with E-state index in [0.717, 1.165) is 0 Å². The van der Waals surface area contributed by atoms with E-state index in [4.69, 9.17) is 5.73 Å². The molecule has 0 aliphatic heterocycles. The zero-order chi connectivity index (χ0) is 28.3. The van der Waals surface area contributed by atoms with E-state index in [9.17, 15) is 39.2 Å². The number of nitrogens with one attached hydrogen (secondary N) is 1. The summed E-state index contributed by atoms with van der Waals surface area (Å²) in [6.45, 7) is -0.471. The number of benzene rings is 1. The molecule has 0 bridgehead atoms. The van der Waals surface area contributed by atoms with Gasteiger partial charge < -0.3 is 36.4 Å². The van der Waals surface area contributed by atoms with Gasteiger partial charge in [-0.25, -0.2) is 4.39 Å². The van der Waals surface area contributed by atoms with Gasteiger partial charge >= 0.3 is 0 Å². The van der Waals surface area contributed by atoms with Crippen molar-refractivity contribution >= 4 is 28.9 Å². The number of fused-ring (bicyclic) bond motifs is 3. The van der Waals surface area contributed by atoms with Gasteiger partial charge in [-0.3, -0.25) is 19.3 Å². The second kappa shape index (κ2) is 9.68. The molecule has 1 amide bonds. The third-order valence-electron chi connectivity index (χ3n) is 7.84. The lowest BCUT2D eigenvalue weighted by Gasteiger charge is -2.50. The third kappa shape index (κ3) is 3.86. The van der Waals surface area contributed by atoms with Crippen LogP contribution < -0.4 is 16.0 Å². The smallest absolute Gasteiger partial charge is 0.255 e. The number of aliphatic hydroxyl groups excluding tert-OH is 2. The van der Waals surface area contributed by atoms with Crippen LogP contribution in [0.5, 0.6) is 5.75 Å². The first-order valence-electron chi connectivity index (χ1n) is 12.2. The van der Waals surface area contributed by atoms with Gasteiger partial charge in [0.1, 0.15) is 29.5 Å². The minimum Gasteiger partial charge on any atom is -0.508 e. The van der Waals surface area contributed by atoms with E-state index < -0.39 is 64.7 Å². The number of aromatic hydroxyl groups is 1. The van der Waals surface area contributed by atoms with Crippen molar-refractivity contribution < 1.29 is 39.2 Å². The molecular weight excluding hydrogens is 499 g/mol. The fraction of sp³-hybridized carbons (Fsp3) is 0.500. The summed E-state index contributed by atoms with van der Waals surface area (Å²) in [6, 6.07) is 0.581. The van der Waals surface area contributed by atoms with Crippen LogP contribution in [0.1, 0.15) is 23.1 Å². The summed E-state index contributed by atoms with van der Waals surface area (Å²) in [5, 5.41) is 48.0. The summed E-state index contributed by atoms with van der Waals surface area (Å²) in [6.07, 6.45) is 0.201. The first kappa shape index (κ1) is 27.6. The van der Waals surface area contributed by atoms with Crippen LogP contribution >= 0.6 is 0 Å². The Kier molecular flexibility index (Phi) is 7.02. The Bertz CT molecular complexity index is 1290. The molecule has 12 heteroatoms. The number of anilines is 1. The molecule has 1 aromatic carbocycles. The predicted molar refractivity (Wildman–Crippen MR) is 136 cm³/mol. The van der Waals surface area contributed by atoms with Crippen LogP contribution in [0.2, 0.25) is 0 Å². The fourth-order valence-electron chi connectivity index (χ4n) is 6.17. The largest absolute Gasteiger partial charge is 0.508 e. The Labute approximate surface area is 219 Å². The predicted octanol–water partition coefficient (Wildman–Crippen LogP) is 0.0891. The van der Waals surface area contributed by atoms with Crippen LogP contribution in [-0.2, 0) is 27.3 Å². The number of phenols is 1. The molecule has 3 aliphatic carbocycles. The number of alkyl halides is 1. The molecule has 0 radical (unpaired) electrons. The molecule has 3 aliphatic rings. The first-order chi connectivity index (χ1) is 17.8. The first-order valence-corrected chi connectivity index (χ1v) is 12.2. The normalized spacial score (nSPS) is 26.9. The maximum Gasteiger partial charge on any atom is 0.255 e. The SMILES string of the molecule is CN(C)c1cc(CNCCF)c(O)c2c1C[C@H]1C[C@H]3[C@@H](N(C)C)C(=O)C(C(N)=O)=C(O)[C@@]3(O)C(=O)C1=C2O. The Morgan fingerprint density at radius 2 is 1.87 bits per heavy atom. The van der Waals surface area contributed by atoms with Gasteiger partial charge in [0.05, 0.1) is 11.6 Å². The second-order valence-electron chi connectivity index (χ2n) is 10.5. The van der Waals surface area contributed by atoms with Crippen molar-refractivity contribution in [1.29, 1.82) is 0 Å². The standard InChI is InChI=1S/C26H33FN4O7/c1-30(2)15-9-12(10-29-6-5-27)20(32)17-13(15)7-11-8-14-19(31(3)4)22(34)18(25(28)37)24(36)26(14,38)23(35)16(11)21(17)33/h9,11,14,19,29,32-33,36,38H,5-8,10H2,1-4H3,(H2,28,37)/t11-,14-,19+,26-/m0/s1. The number of phenolic OH excluding ortho intramolecular Hbond substituents is 1. The van der Waals surface area contributed by atoms with Gasteiger partial charge in [0.15, 0.2) is 11.4 Å². The van der Waals surface area contributed by atoms with Crippen molar-refractivity contribution in [2.45, 2.75) is 31.0 Å². The van der Waals surface area contributed by atoms with Crippen LogP contribution in [0.3, 0.4) is 0 Å². The number of Topliss-reactive ketones (excluding diaryl/α,β-unsaturated/α-hetero) is 2. The lowest BCUT2D eigenvalue weighted by molar-refractivity contribution is -0.153. The van der Waals surface area contributed by atoms with Crippen LogP contribution in [-0.4, -0.2) is 95.9 Å². The van der Waals surface area contributed by atoms with Crippen LogP contribution in [0.15, 0.2) is 23.0 Å². The number of rotatable bonds is 7. The molecule has 0 saturated heterocycles.